The third kappa shape index (κ3) is 2.40. The molecule has 5 heteroatoms. The number of aliphatic hydroxyl groups is 1. The quantitative estimate of drug-likeness (QED) is 0.837. The number of amides is 1. The zero-order chi connectivity index (χ0) is 14.9. The highest BCUT2D eigenvalue weighted by molar-refractivity contribution is 9.09. The van der Waals surface area contributed by atoms with Crippen LogP contribution in [0.4, 0.5) is 5.69 Å². The molecule has 4 nitrogen and oxygen atoms in total. The smallest absolute Gasteiger partial charge is 0.264 e. The van der Waals surface area contributed by atoms with Crippen LogP contribution in [0.2, 0.25) is 0 Å². The summed E-state index contributed by atoms with van der Waals surface area (Å²) in [5, 5.41) is 11.5. The van der Waals surface area contributed by atoms with Gasteiger partial charge in [0.15, 0.2) is 5.60 Å². The summed E-state index contributed by atoms with van der Waals surface area (Å²) in [7, 11) is 0. The molecule has 1 aliphatic heterocycles. The van der Waals surface area contributed by atoms with Gasteiger partial charge in [-0.15, -0.1) is 0 Å². The summed E-state index contributed by atoms with van der Waals surface area (Å²) in [5.74, 6) is -0.589. The largest absolute Gasteiger partial charge is 0.375 e. The molecule has 1 atom stereocenters. The Morgan fingerprint density at radius 3 is 2.75 bits per heavy atom. The number of benzene rings is 1. The molecule has 2 rings (SSSR count). The van der Waals surface area contributed by atoms with Crippen LogP contribution in [-0.4, -0.2) is 28.7 Å². The molecule has 1 heterocycles. The van der Waals surface area contributed by atoms with Gasteiger partial charge in [0.05, 0.1) is 5.69 Å². The van der Waals surface area contributed by atoms with Crippen LogP contribution in [0, 0.1) is 6.92 Å². The van der Waals surface area contributed by atoms with Crippen molar-refractivity contribution >= 4 is 33.3 Å². The number of Topliss-reactive ketones (excluding diaryl/α,β-unsaturated/α-hetero) is 1. The van der Waals surface area contributed by atoms with Crippen molar-refractivity contribution in [3.05, 3.63) is 29.3 Å². The van der Waals surface area contributed by atoms with Gasteiger partial charge in [0, 0.05) is 23.9 Å². The molecule has 0 spiro atoms. The van der Waals surface area contributed by atoms with Gasteiger partial charge in [-0.05, 0) is 25.8 Å². The number of para-hydroxylation sites is 1. The Labute approximate surface area is 126 Å². The molecule has 0 radical (unpaired) electrons. The minimum absolute atomic E-state index is 0.174. The van der Waals surface area contributed by atoms with Crippen molar-refractivity contribution in [2.24, 2.45) is 0 Å². The number of halogens is 1. The molecule has 0 aliphatic carbocycles. The van der Waals surface area contributed by atoms with E-state index in [1.165, 1.54) is 6.92 Å². The molecule has 0 fully saturated rings. The Morgan fingerprint density at radius 2 is 2.15 bits per heavy atom. The first-order valence-corrected chi connectivity index (χ1v) is 7.74. The van der Waals surface area contributed by atoms with Crippen molar-refractivity contribution in [2.75, 3.05) is 16.8 Å². The highest BCUT2D eigenvalue weighted by atomic mass is 79.9. The number of carbonyl (C=O) groups excluding carboxylic acids is 2. The zero-order valence-electron chi connectivity index (χ0n) is 11.6. The fourth-order valence-electron chi connectivity index (χ4n) is 2.75. The van der Waals surface area contributed by atoms with Crippen LogP contribution in [0.5, 0.6) is 0 Å². The van der Waals surface area contributed by atoms with Gasteiger partial charge in [0.2, 0.25) is 0 Å². The second kappa shape index (κ2) is 5.66. The SMILES string of the molecule is CC(=O)CC1(O)C(=O)N(CCCBr)c2c(C)cccc21. The summed E-state index contributed by atoms with van der Waals surface area (Å²) in [6, 6.07) is 5.45. The maximum absolute atomic E-state index is 12.6. The number of anilines is 1. The van der Waals surface area contributed by atoms with Crippen LogP contribution >= 0.6 is 15.9 Å². The van der Waals surface area contributed by atoms with E-state index in [9.17, 15) is 14.7 Å². The molecule has 1 aromatic carbocycles. The number of aryl methyl sites for hydroxylation is 1. The van der Waals surface area contributed by atoms with Crippen LogP contribution in [0.3, 0.4) is 0 Å². The number of alkyl halides is 1. The third-order valence-electron chi connectivity index (χ3n) is 3.57. The third-order valence-corrected chi connectivity index (χ3v) is 4.13. The van der Waals surface area contributed by atoms with Crippen LogP contribution in [0.1, 0.15) is 30.9 Å². The lowest BCUT2D eigenvalue weighted by Crippen LogP contribution is -2.42. The molecule has 0 saturated heterocycles. The van der Waals surface area contributed by atoms with E-state index in [0.29, 0.717) is 12.1 Å². The molecule has 0 aromatic heterocycles. The summed E-state index contributed by atoms with van der Waals surface area (Å²) in [6.45, 7) is 3.83. The molecule has 1 amide bonds. The summed E-state index contributed by atoms with van der Waals surface area (Å²) in [5.41, 5.74) is 0.527. The summed E-state index contributed by atoms with van der Waals surface area (Å²) in [4.78, 5) is 25.6. The Bertz CT molecular complexity index is 558. The Hall–Kier alpha value is -1.20. The van der Waals surface area contributed by atoms with Crippen LogP contribution in [0.15, 0.2) is 18.2 Å². The van der Waals surface area contributed by atoms with E-state index in [4.69, 9.17) is 0 Å². The van der Waals surface area contributed by atoms with Crippen molar-refractivity contribution in [1.29, 1.82) is 0 Å². The van der Waals surface area contributed by atoms with Crippen LogP contribution in [-0.2, 0) is 15.2 Å². The maximum Gasteiger partial charge on any atom is 0.264 e. The molecule has 108 valence electrons. The summed E-state index contributed by atoms with van der Waals surface area (Å²) in [6.07, 6.45) is 0.614. The van der Waals surface area contributed by atoms with E-state index >= 15 is 0 Å². The number of ketones is 1. The van der Waals surface area contributed by atoms with Gasteiger partial charge >= 0.3 is 0 Å². The van der Waals surface area contributed by atoms with Gasteiger partial charge in [-0.1, -0.05) is 34.1 Å². The van der Waals surface area contributed by atoms with Crippen molar-refractivity contribution in [1.82, 2.24) is 0 Å². The predicted molar refractivity (Wildman–Crippen MR) is 81.1 cm³/mol. The molecule has 1 N–H and O–H groups in total. The Kier molecular flexibility index (Phi) is 4.30. The zero-order valence-corrected chi connectivity index (χ0v) is 13.2. The summed E-state index contributed by atoms with van der Waals surface area (Å²) >= 11 is 3.35. The number of nitrogens with zero attached hydrogens (tertiary/aromatic N) is 1. The molecule has 0 bridgehead atoms. The van der Waals surface area contributed by atoms with E-state index < -0.39 is 11.5 Å². The number of hydrogen-bond donors (Lipinski definition) is 1. The fraction of sp³-hybridized carbons (Fsp3) is 0.467. The second-order valence-corrected chi connectivity index (χ2v) is 6.00. The van der Waals surface area contributed by atoms with Gasteiger partial charge in [-0.3, -0.25) is 9.59 Å². The highest BCUT2D eigenvalue weighted by Crippen LogP contribution is 2.44. The monoisotopic (exact) mass is 339 g/mol. The normalized spacial score (nSPS) is 21.2. The second-order valence-electron chi connectivity index (χ2n) is 5.21. The lowest BCUT2D eigenvalue weighted by molar-refractivity contribution is -0.141. The predicted octanol–water partition coefficient (Wildman–Crippen LogP) is 2.29. The van der Waals surface area contributed by atoms with Crippen molar-refractivity contribution in [3.63, 3.8) is 0 Å². The number of hydrogen-bond acceptors (Lipinski definition) is 3. The standard InChI is InChI=1S/C15H18BrNO3/c1-10-5-3-6-12-13(10)17(8-4-7-16)14(19)15(12,20)9-11(2)18/h3,5-6,20H,4,7-9H2,1-2H3. The topological polar surface area (TPSA) is 57.6 Å². The van der Waals surface area contributed by atoms with Crippen molar-refractivity contribution in [3.8, 4) is 0 Å². The molecule has 1 unspecified atom stereocenters. The molecule has 1 aromatic rings. The van der Waals surface area contributed by atoms with Gasteiger partial charge in [-0.2, -0.15) is 0 Å². The van der Waals surface area contributed by atoms with E-state index in [1.54, 1.807) is 17.0 Å². The van der Waals surface area contributed by atoms with Gasteiger partial charge in [0.25, 0.3) is 5.91 Å². The fourth-order valence-corrected chi connectivity index (χ4v) is 3.00. The first kappa shape index (κ1) is 15.2. The highest BCUT2D eigenvalue weighted by Gasteiger charge is 2.50. The minimum atomic E-state index is -1.71. The molecule has 20 heavy (non-hydrogen) atoms. The van der Waals surface area contributed by atoms with Gasteiger partial charge in [0.1, 0.15) is 5.78 Å². The average Bonchev–Trinajstić information content (AvgIpc) is 2.58. The van der Waals surface area contributed by atoms with E-state index in [-0.39, 0.29) is 12.2 Å². The molecular weight excluding hydrogens is 322 g/mol. The Morgan fingerprint density at radius 1 is 1.45 bits per heavy atom. The first-order chi connectivity index (χ1) is 9.41. The number of carbonyl (C=O) groups is 2. The van der Waals surface area contributed by atoms with Crippen LogP contribution < -0.4 is 4.90 Å². The average molecular weight is 340 g/mol. The van der Waals surface area contributed by atoms with Crippen molar-refractivity contribution < 1.29 is 14.7 Å². The van der Waals surface area contributed by atoms with E-state index in [2.05, 4.69) is 15.9 Å². The lowest BCUT2D eigenvalue weighted by atomic mass is 9.89. The summed E-state index contributed by atoms with van der Waals surface area (Å²) < 4.78 is 0. The number of fused-ring (bicyclic) bond motifs is 1. The van der Waals surface area contributed by atoms with Gasteiger partial charge in [-0.25, -0.2) is 0 Å². The van der Waals surface area contributed by atoms with Crippen molar-refractivity contribution in [2.45, 2.75) is 32.3 Å². The van der Waals surface area contributed by atoms with Crippen LogP contribution in [0.25, 0.3) is 0 Å². The molecule has 1 aliphatic rings. The van der Waals surface area contributed by atoms with E-state index in [0.717, 1.165) is 23.0 Å². The number of rotatable bonds is 5. The van der Waals surface area contributed by atoms with E-state index in [1.807, 2.05) is 13.0 Å². The minimum Gasteiger partial charge on any atom is -0.375 e. The maximum atomic E-state index is 12.6. The van der Waals surface area contributed by atoms with Gasteiger partial charge < -0.3 is 10.0 Å². The Balaban J connectivity index is 2.52. The lowest BCUT2D eigenvalue weighted by Gasteiger charge is -2.22. The first-order valence-electron chi connectivity index (χ1n) is 6.61. The molecule has 0 saturated carbocycles. The molecular formula is C15H18BrNO3.